The molecule has 2 rings (SSSR count). The van der Waals surface area contributed by atoms with E-state index in [1.807, 2.05) is 12.1 Å². The van der Waals surface area contributed by atoms with E-state index in [0.717, 1.165) is 63.2 Å². The van der Waals surface area contributed by atoms with E-state index in [4.69, 9.17) is 51.1 Å². The topological polar surface area (TPSA) is 15.7 Å². The number of benzene rings is 2. The molecule has 0 aliphatic heterocycles. The second-order valence-corrected chi connectivity index (χ2v) is 8.90. The first kappa shape index (κ1) is 26.6. The molecule has 0 aliphatic carbocycles. The molecule has 31 heavy (non-hydrogen) atoms. The van der Waals surface area contributed by atoms with Crippen LogP contribution in [0.4, 0.5) is 0 Å². The van der Waals surface area contributed by atoms with E-state index in [9.17, 15) is 0 Å². The highest BCUT2D eigenvalue weighted by atomic mass is 35.5. The van der Waals surface area contributed by atoms with Crippen molar-refractivity contribution >= 4 is 46.4 Å². The lowest BCUT2D eigenvalue weighted by Crippen LogP contribution is -2.25. The Balaban J connectivity index is 2.37. The van der Waals surface area contributed by atoms with E-state index in [0.29, 0.717) is 31.6 Å². The summed E-state index contributed by atoms with van der Waals surface area (Å²) in [5.41, 5.74) is 1.81. The van der Waals surface area contributed by atoms with Gasteiger partial charge in [0, 0.05) is 24.2 Å². The smallest absolute Gasteiger partial charge is 0.132 e. The zero-order valence-corrected chi connectivity index (χ0v) is 21.8. The van der Waals surface area contributed by atoms with Crippen LogP contribution in [0.25, 0.3) is 0 Å². The first-order chi connectivity index (χ1) is 14.9. The fourth-order valence-corrected chi connectivity index (χ4v) is 4.40. The monoisotopic (exact) mass is 504 g/mol. The molecule has 0 atom stereocenters. The summed E-state index contributed by atoms with van der Waals surface area (Å²) in [7, 11) is 0. The second-order valence-electron chi connectivity index (χ2n) is 7.33. The first-order valence-corrected chi connectivity index (χ1v) is 12.4. The summed E-state index contributed by atoms with van der Waals surface area (Å²) < 4.78 is 6.39. The summed E-state index contributed by atoms with van der Waals surface area (Å²) in [6, 6.07) is 7.30. The van der Waals surface area contributed by atoms with Gasteiger partial charge in [-0.3, -0.25) is 0 Å². The molecule has 0 aliphatic rings. The van der Waals surface area contributed by atoms with Crippen LogP contribution in [0.2, 0.25) is 20.1 Å². The molecule has 0 radical (unpaired) electrons. The number of halogens is 4. The van der Waals surface area contributed by atoms with Crippen molar-refractivity contribution in [1.82, 2.24) is 9.80 Å². The van der Waals surface area contributed by atoms with Crippen molar-refractivity contribution in [3.05, 3.63) is 55.5 Å². The Labute approximate surface area is 207 Å². The van der Waals surface area contributed by atoms with Gasteiger partial charge in [-0.25, -0.2) is 0 Å². The zero-order chi connectivity index (χ0) is 23.0. The standard InChI is InChI=1S/C24H32Cl4N2O/c1-5-29(6-2)15-13-17-21(11-9-19(25)23(17)27)31-22-12-10-20(26)24(28)18(22)14-16-30(7-3)8-4/h9-12H,5-8,13-16H2,1-4H3. The Bertz CT molecular complexity index is 782. The number of nitrogens with zero attached hydrogens (tertiary/aromatic N) is 2. The maximum Gasteiger partial charge on any atom is 0.132 e. The van der Waals surface area contributed by atoms with Gasteiger partial charge in [0.25, 0.3) is 0 Å². The number of hydrogen-bond acceptors (Lipinski definition) is 3. The summed E-state index contributed by atoms with van der Waals surface area (Å²) in [4.78, 5) is 4.69. The molecule has 172 valence electrons. The fraction of sp³-hybridized carbons (Fsp3) is 0.500. The fourth-order valence-electron chi connectivity index (χ4n) is 3.54. The molecule has 0 saturated carbocycles. The van der Waals surface area contributed by atoms with E-state index in [-0.39, 0.29) is 0 Å². The van der Waals surface area contributed by atoms with Gasteiger partial charge >= 0.3 is 0 Å². The summed E-state index contributed by atoms with van der Waals surface area (Å²) >= 11 is 25.8. The number of ether oxygens (including phenoxy) is 1. The van der Waals surface area contributed by atoms with Crippen LogP contribution in [0.1, 0.15) is 38.8 Å². The minimum Gasteiger partial charge on any atom is -0.457 e. The SMILES string of the molecule is CCN(CC)CCc1c(Oc2ccc(Cl)c(Cl)c2CCN(CC)CC)ccc(Cl)c1Cl. The molecule has 0 unspecified atom stereocenters. The highest BCUT2D eigenvalue weighted by molar-refractivity contribution is 6.43. The molecule has 0 bridgehead atoms. The Kier molecular flexibility index (Phi) is 11.3. The molecule has 0 amide bonds. The molecule has 3 nitrogen and oxygen atoms in total. The van der Waals surface area contributed by atoms with Gasteiger partial charge < -0.3 is 14.5 Å². The van der Waals surface area contributed by atoms with Crippen molar-refractivity contribution in [1.29, 1.82) is 0 Å². The molecule has 2 aromatic rings. The Morgan fingerprint density at radius 3 is 1.29 bits per heavy atom. The van der Waals surface area contributed by atoms with Gasteiger partial charge in [0.15, 0.2) is 0 Å². The maximum atomic E-state index is 6.59. The van der Waals surface area contributed by atoms with Gasteiger partial charge in [-0.05, 0) is 63.3 Å². The van der Waals surface area contributed by atoms with E-state index in [2.05, 4.69) is 37.5 Å². The Morgan fingerprint density at radius 2 is 0.968 bits per heavy atom. The normalized spacial score (nSPS) is 11.5. The molecule has 0 N–H and O–H groups in total. The van der Waals surface area contributed by atoms with Crippen molar-refractivity contribution in [3.8, 4) is 11.5 Å². The van der Waals surface area contributed by atoms with Gasteiger partial charge in [-0.15, -0.1) is 0 Å². The van der Waals surface area contributed by atoms with Crippen LogP contribution >= 0.6 is 46.4 Å². The Morgan fingerprint density at radius 1 is 0.613 bits per heavy atom. The van der Waals surface area contributed by atoms with Crippen LogP contribution in [0.3, 0.4) is 0 Å². The Hall–Kier alpha value is -0.680. The molecule has 0 aromatic heterocycles. The van der Waals surface area contributed by atoms with Crippen LogP contribution in [0.15, 0.2) is 24.3 Å². The van der Waals surface area contributed by atoms with Gasteiger partial charge in [0.1, 0.15) is 11.5 Å². The molecule has 7 heteroatoms. The predicted octanol–water partition coefficient (Wildman–Crippen LogP) is 7.86. The number of hydrogen-bond donors (Lipinski definition) is 0. The third-order valence-corrected chi connectivity index (χ3v) is 7.36. The van der Waals surface area contributed by atoms with Crippen molar-refractivity contribution in [3.63, 3.8) is 0 Å². The molecular weight excluding hydrogens is 474 g/mol. The average Bonchev–Trinajstić information content (AvgIpc) is 2.77. The minimum atomic E-state index is 0.527. The van der Waals surface area contributed by atoms with Crippen LogP contribution in [0, 0.1) is 0 Å². The molecular formula is C24H32Cl4N2O. The first-order valence-electron chi connectivity index (χ1n) is 10.9. The van der Waals surface area contributed by atoms with Crippen LogP contribution < -0.4 is 4.74 Å². The third-order valence-electron chi connectivity index (χ3n) is 5.67. The summed E-state index contributed by atoms with van der Waals surface area (Å²) in [5.74, 6) is 1.40. The van der Waals surface area contributed by atoms with E-state index in [1.165, 1.54) is 0 Å². The lowest BCUT2D eigenvalue weighted by Gasteiger charge is -2.22. The van der Waals surface area contributed by atoms with Gasteiger partial charge in [0.2, 0.25) is 0 Å². The van der Waals surface area contributed by atoms with Crippen molar-refractivity contribution in [2.75, 3.05) is 39.3 Å². The summed E-state index contributed by atoms with van der Waals surface area (Å²) in [6.45, 7) is 14.3. The third kappa shape index (κ3) is 7.15. The molecule has 0 heterocycles. The minimum absolute atomic E-state index is 0.527. The largest absolute Gasteiger partial charge is 0.457 e. The zero-order valence-electron chi connectivity index (χ0n) is 18.8. The predicted molar refractivity (Wildman–Crippen MR) is 136 cm³/mol. The summed E-state index contributed by atoms with van der Waals surface area (Å²) in [6.07, 6.45) is 1.49. The second kappa shape index (κ2) is 13.1. The molecule has 2 aromatic carbocycles. The molecule has 0 fully saturated rings. The highest BCUT2D eigenvalue weighted by Gasteiger charge is 2.18. The van der Waals surface area contributed by atoms with E-state index >= 15 is 0 Å². The van der Waals surface area contributed by atoms with Crippen LogP contribution in [-0.4, -0.2) is 49.1 Å². The lowest BCUT2D eigenvalue weighted by molar-refractivity contribution is 0.305. The van der Waals surface area contributed by atoms with Gasteiger partial charge in [-0.2, -0.15) is 0 Å². The van der Waals surface area contributed by atoms with Crippen molar-refractivity contribution < 1.29 is 4.74 Å². The van der Waals surface area contributed by atoms with Crippen LogP contribution in [-0.2, 0) is 12.8 Å². The summed E-state index contributed by atoms with van der Waals surface area (Å²) in [5, 5.41) is 2.13. The lowest BCUT2D eigenvalue weighted by atomic mass is 10.1. The molecule has 0 spiro atoms. The quantitative estimate of drug-likeness (QED) is 0.292. The van der Waals surface area contributed by atoms with E-state index < -0.39 is 0 Å². The maximum absolute atomic E-state index is 6.59. The van der Waals surface area contributed by atoms with Gasteiger partial charge in [0.05, 0.1) is 20.1 Å². The van der Waals surface area contributed by atoms with Crippen molar-refractivity contribution in [2.45, 2.75) is 40.5 Å². The highest BCUT2D eigenvalue weighted by Crippen LogP contribution is 2.40. The van der Waals surface area contributed by atoms with E-state index in [1.54, 1.807) is 12.1 Å². The van der Waals surface area contributed by atoms with Crippen LogP contribution in [0.5, 0.6) is 11.5 Å². The molecule has 0 saturated heterocycles. The van der Waals surface area contributed by atoms with Crippen molar-refractivity contribution in [2.24, 2.45) is 0 Å². The number of likely N-dealkylation sites (N-methyl/N-ethyl adjacent to an activating group) is 2. The number of rotatable bonds is 12. The average molecular weight is 506 g/mol. The van der Waals surface area contributed by atoms with Gasteiger partial charge in [-0.1, -0.05) is 74.1 Å².